The molecule has 0 aromatic heterocycles. The van der Waals surface area contributed by atoms with Crippen LogP contribution >= 0.6 is 0 Å². The highest BCUT2D eigenvalue weighted by atomic mass is 16.2. The Balaban J connectivity index is 0.000000437. The molecule has 0 saturated carbocycles. The molecule has 1 heteroatoms. The molecule has 0 amide bonds. The molecule has 2 aromatic rings. The van der Waals surface area contributed by atoms with Crippen molar-refractivity contribution in [2.75, 3.05) is 6.61 Å². The van der Waals surface area contributed by atoms with Crippen LogP contribution in [0.25, 0.3) is 11.1 Å². The molecule has 2 rings (SSSR count). The Bertz CT molecular complexity index is 426. The second kappa shape index (κ2) is 6.87. The van der Waals surface area contributed by atoms with Crippen LogP contribution in [0.1, 0.15) is 18.1 Å². The van der Waals surface area contributed by atoms with Gasteiger partial charge in [-0.2, -0.15) is 0 Å². The second-order valence-electron chi connectivity index (χ2n) is 4.06. The molecule has 0 spiro atoms. The van der Waals surface area contributed by atoms with Crippen molar-refractivity contribution in [1.82, 2.24) is 0 Å². The standard InChI is InChI=1S/C14H14.C2H6O/c1-11-8-12(2)10-14(9-11)13-6-4-3-5-7-13;1-2-3/h3-10H,1-2H3;3H,2H2,1H3. The molecule has 0 aliphatic rings. The maximum Gasteiger partial charge on any atom is 0.0402 e. The summed E-state index contributed by atoms with van der Waals surface area (Å²) >= 11 is 0. The molecular formula is C16H20O. The van der Waals surface area contributed by atoms with Crippen LogP contribution in [0.15, 0.2) is 48.5 Å². The minimum atomic E-state index is 0.250. The number of rotatable bonds is 1. The molecule has 0 saturated heterocycles. The zero-order chi connectivity index (χ0) is 12.7. The van der Waals surface area contributed by atoms with Crippen LogP contribution in [0.4, 0.5) is 0 Å². The Morgan fingerprint density at radius 1 is 0.824 bits per heavy atom. The number of hydrogen-bond donors (Lipinski definition) is 1. The fourth-order valence-electron chi connectivity index (χ4n) is 1.77. The average Bonchev–Trinajstić information content (AvgIpc) is 2.30. The van der Waals surface area contributed by atoms with E-state index in [1.165, 1.54) is 22.3 Å². The third kappa shape index (κ3) is 4.41. The topological polar surface area (TPSA) is 20.2 Å². The molecule has 0 unspecified atom stereocenters. The SMILES string of the molecule is CCO.Cc1cc(C)cc(-c2ccccc2)c1. The maximum atomic E-state index is 7.57. The summed E-state index contributed by atoms with van der Waals surface area (Å²) in [4.78, 5) is 0. The summed E-state index contributed by atoms with van der Waals surface area (Å²) in [5, 5.41) is 7.57. The quantitative estimate of drug-likeness (QED) is 0.783. The summed E-state index contributed by atoms with van der Waals surface area (Å²) in [5.41, 5.74) is 5.25. The summed E-state index contributed by atoms with van der Waals surface area (Å²) in [5.74, 6) is 0. The van der Waals surface area contributed by atoms with Gasteiger partial charge in [0.2, 0.25) is 0 Å². The Hall–Kier alpha value is -1.60. The number of aryl methyl sites for hydroxylation is 2. The lowest BCUT2D eigenvalue weighted by atomic mass is 10.0. The molecule has 0 aliphatic heterocycles. The van der Waals surface area contributed by atoms with Crippen LogP contribution < -0.4 is 0 Å². The molecular weight excluding hydrogens is 208 g/mol. The van der Waals surface area contributed by atoms with Crippen molar-refractivity contribution in [2.24, 2.45) is 0 Å². The van der Waals surface area contributed by atoms with Gasteiger partial charge < -0.3 is 5.11 Å². The molecule has 0 fully saturated rings. The smallest absolute Gasteiger partial charge is 0.0402 e. The van der Waals surface area contributed by atoms with Gasteiger partial charge in [0.05, 0.1) is 0 Å². The molecule has 0 bridgehead atoms. The van der Waals surface area contributed by atoms with Crippen molar-refractivity contribution in [3.05, 3.63) is 59.7 Å². The molecule has 1 N–H and O–H groups in total. The summed E-state index contributed by atoms with van der Waals surface area (Å²) < 4.78 is 0. The van der Waals surface area contributed by atoms with E-state index >= 15 is 0 Å². The number of aliphatic hydroxyl groups is 1. The van der Waals surface area contributed by atoms with Gasteiger partial charge in [0.1, 0.15) is 0 Å². The molecule has 17 heavy (non-hydrogen) atoms. The monoisotopic (exact) mass is 228 g/mol. The first-order chi connectivity index (χ1) is 8.17. The zero-order valence-electron chi connectivity index (χ0n) is 10.8. The van der Waals surface area contributed by atoms with E-state index in [9.17, 15) is 0 Å². The first-order valence-corrected chi connectivity index (χ1v) is 5.92. The molecule has 0 atom stereocenters. The van der Waals surface area contributed by atoms with Crippen LogP contribution in [0.3, 0.4) is 0 Å². The van der Waals surface area contributed by atoms with E-state index in [1.54, 1.807) is 6.92 Å². The van der Waals surface area contributed by atoms with E-state index in [1.807, 2.05) is 6.07 Å². The summed E-state index contributed by atoms with van der Waals surface area (Å²) in [6.45, 7) is 6.21. The van der Waals surface area contributed by atoms with Gasteiger partial charge in [-0.25, -0.2) is 0 Å². The minimum Gasteiger partial charge on any atom is -0.397 e. The van der Waals surface area contributed by atoms with Crippen LogP contribution in [0.5, 0.6) is 0 Å². The summed E-state index contributed by atoms with van der Waals surface area (Å²) in [6.07, 6.45) is 0. The van der Waals surface area contributed by atoms with Crippen LogP contribution in [0, 0.1) is 13.8 Å². The van der Waals surface area contributed by atoms with E-state index in [-0.39, 0.29) is 6.61 Å². The van der Waals surface area contributed by atoms with Gasteiger partial charge in [-0.05, 0) is 31.9 Å². The van der Waals surface area contributed by atoms with Gasteiger partial charge in [-0.3, -0.25) is 0 Å². The lowest BCUT2D eigenvalue weighted by Gasteiger charge is -2.04. The molecule has 0 aliphatic carbocycles. The number of benzene rings is 2. The second-order valence-corrected chi connectivity index (χ2v) is 4.06. The van der Waals surface area contributed by atoms with Gasteiger partial charge in [0.15, 0.2) is 0 Å². The summed E-state index contributed by atoms with van der Waals surface area (Å²) in [7, 11) is 0. The highest BCUT2D eigenvalue weighted by Gasteiger charge is 1.97. The third-order valence-corrected chi connectivity index (χ3v) is 2.33. The third-order valence-electron chi connectivity index (χ3n) is 2.33. The number of aliphatic hydroxyl groups excluding tert-OH is 1. The molecule has 90 valence electrons. The highest BCUT2D eigenvalue weighted by Crippen LogP contribution is 2.21. The molecule has 1 nitrogen and oxygen atoms in total. The lowest BCUT2D eigenvalue weighted by molar-refractivity contribution is 0.318. The first kappa shape index (κ1) is 13.5. The lowest BCUT2D eigenvalue weighted by Crippen LogP contribution is -1.81. The summed E-state index contributed by atoms with van der Waals surface area (Å²) in [6, 6.07) is 17.1. The minimum absolute atomic E-state index is 0.250. The van der Waals surface area contributed by atoms with Crippen molar-refractivity contribution < 1.29 is 5.11 Å². The van der Waals surface area contributed by atoms with Crippen molar-refractivity contribution >= 4 is 0 Å². The van der Waals surface area contributed by atoms with Gasteiger partial charge in [0.25, 0.3) is 0 Å². The van der Waals surface area contributed by atoms with Crippen LogP contribution in [-0.4, -0.2) is 11.7 Å². The van der Waals surface area contributed by atoms with Crippen LogP contribution in [-0.2, 0) is 0 Å². The van der Waals surface area contributed by atoms with Crippen molar-refractivity contribution in [3.63, 3.8) is 0 Å². The van der Waals surface area contributed by atoms with E-state index in [0.717, 1.165) is 0 Å². The van der Waals surface area contributed by atoms with Crippen molar-refractivity contribution in [2.45, 2.75) is 20.8 Å². The Labute approximate surface area is 104 Å². The predicted molar refractivity (Wildman–Crippen MR) is 74.1 cm³/mol. The Morgan fingerprint density at radius 3 is 1.76 bits per heavy atom. The predicted octanol–water partition coefficient (Wildman–Crippen LogP) is 3.97. The van der Waals surface area contributed by atoms with Crippen molar-refractivity contribution in [1.29, 1.82) is 0 Å². The Kier molecular flexibility index (Phi) is 5.44. The van der Waals surface area contributed by atoms with E-state index in [2.05, 4.69) is 56.3 Å². The zero-order valence-corrected chi connectivity index (χ0v) is 10.8. The Morgan fingerprint density at radius 2 is 1.29 bits per heavy atom. The normalized spacial score (nSPS) is 9.41. The highest BCUT2D eigenvalue weighted by molar-refractivity contribution is 5.64. The van der Waals surface area contributed by atoms with Gasteiger partial charge in [-0.1, -0.05) is 59.7 Å². The molecule has 2 aromatic carbocycles. The fourth-order valence-corrected chi connectivity index (χ4v) is 1.77. The average molecular weight is 228 g/mol. The van der Waals surface area contributed by atoms with Crippen molar-refractivity contribution in [3.8, 4) is 11.1 Å². The first-order valence-electron chi connectivity index (χ1n) is 5.92. The molecule has 0 radical (unpaired) electrons. The largest absolute Gasteiger partial charge is 0.397 e. The van der Waals surface area contributed by atoms with Gasteiger partial charge in [0, 0.05) is 6.61 Å². The fraction of sp³-hybridized carbons (Fsp3) is 0.250. The maximum absolute atomic E-state index is 7.57. The molecule has 0 heterocycles. The van der Waals surface area contributed by atoms with Crippen LogP contribution in [0.2, 0.25) is 0 Å². The van der Waals surface area contributed by atoms with Gasteiger partial charge in [-0.15, -0.1) is 0 Å². The number of hydrogen-bond acceptors (Lipinski definition) is 1. The van der Waals surface area contributed by atoms with E-state index < -0.39 is 0 Å². The van der Waals surface area contributed by atoms with E-state index in [0.29, 0.717) is 0 Å². The van der Waals surface area contributed by atoms with Gasteiger partial charge >= 0.3 is 0 Å². The van der Waals surface area contributed by atoms with E-state index in [4.69, 9.17) is 5.11 Å².